The first-order valence-electron chi connectivity index (χ1n) is 8.11. The van der Waals surface area contributed by atoms with E-state index in [0.29, 0.717) is 32.1 Å². The fourth-order valence-electron chi connectivity index (χ4n) is 3.05. The van der Waals surface area contributed by atoms with Crippen LogP contribution >= 0.6 is 23.2 Å². The lowest BCUT2D eigenvalue weighted by molar-refractivity contribution is 0.0214. The first-order valence-corrected chi connectivity index (χ1v) is 8.87. The van der Waals surface area contributed by atoms with Gasteiger partial charge >= 0.3 is 5.97 Å². The molecule has 0 atom stereocenters. The average Bonchev–Trinajstić information content (AvgIpc) is 2.55. The standard InChI is InChI=1S/C20H15Cl2F2NO2/c1-20(23,24)10-17-18(19(26)27)14(8-11-4-2-3-5-15(11)22)13-9-12(21)6-7-16(13)25-17/h2-7,9H,8,10H2,1H3,(H,26,27). The summed E-state index contributed by atoms with van der Waals surface area (Å²) in [6, 6.07) is 11.8. The highest BCUT2D eigenvalue weighted by molar-refractivity contribution is 6.31. The zero-order chi connectivity index (χ0) is 19.8. The monoisotopic (exact) mass is 409 g/mol. The Bertz CT molecular complexity index is 1030. The van der Waals surface area contributed by atoms with E-state index in [0.717, 1.165) is 6.92 Å². The molecule has 0 spiro atoms. The molecule has 1 heterocycles. The third-order valence-corrected chi connectivity index (χ3v) is 4.75. The Morgan fingerprint density at radius 3 is 2.52 bits per heavy atom. The van der Waals surface area contributed by atoms with E-state index in [1.54, 1.807) is 42.5 Å². The second-order valence-corrected chi connectivity index (χ2v) is 7.24. The van der Waals surface area contributed by atoms with Crippen molar-refractivity contribution in [2.24, 2.45) is 0 Å². The van der Waals surface area contributed by atoms with Crippen LogP contribution in [0.5, 0.6) is 0 Å². The van der Waals surface area contributed by atoms with E-state index in [2.05, 4.69) is 4.98 Å². The predicted molar refractivity (Wildman–Crippen MR) is 102 cm³/mol. The summed E-state index contributed by atoms with van der Waals surface area (Å²) < 4.78 is 27.3. The molecule has 0 aliphatic carbocycles. The molecule has 1 aromatic heterocycles. The zero-order valence-electron chi connectivity index (χ0n) is 14.3. The van der Waals surface area contributed by atoms with Gasteiger partial charge in [0, 0.05) is 21.9 Å². The molecule has 0 bridgehead atoms. The normalized spacial score (nSPS) is 11.7. The summed E-state index contributed by atoms with van der Waals surface area (Å²) in [6.07, 6.45) is -0.619. The number of aromatic nitrogens is 1. The molecular formula is C20H15Cl2F2NO2. The third kappa shape index (κ3) is 4.37. The molecule has 0 saturated heterocycles. The maximum atomic E-state index is 13.7. The molecule has 0 aliphatic heterocycles. The van der Waals surface area contributed by atoms with Gasteiger partial charge in [-0.25, -0.2) is 13.6 Å². The minimum absolute atomic E-state index is 0.156. The highest BCUT2D eigenvalue weighted by atomic mass is 35.5. The number of pyridine rings is 1. The molecule has 7 heteroatoms. The van der Waals surface area contributed by atoms with Gasteiger partial charge in [0.25, 0.3) is 5.92 Å². The molecule has 0 saturated carbocycles. The van der Waals surface area contributed by atoms with Gasteiger partial charge in [-0.3, -0.25) is 4.98 Å². The second-order valence-electron chi connectivity index (χ2n) is 6.39. The van der Waals surface area contributed by atoms with Crippen LogP contribution < -0.4 is 0 Å². The van der Waals surface area contributed by atoms with Crippen molar-refractivity contribution in [1.29, 1.82) is 0 Å². The Kier molecular flexibility index (Phi) is 5.36. The van der Waals surface area contributed by atoms with Gasteiger partial charge < -0.3 is 5.11 Å². The van der Waals surface area contributed by atoms with Gasteiger partial charge in [0.2, 0.25) is 0 Å². The fourth-order valence-corrected chi connectivity index (χ4v) is 3.42. The fraction of sp³-hybridized carbons (Fsp3) is 0.200. The molecule has 3 rings (SSSR count). The molecule has 3 aromatic rings. The Morgan fingerprint density at radius 1 is 1.19 bits per heavy atom. The topological polar surface area (TPSA) is 50.2 Å². The lowest BCUT2D eigenvalue weighted by Crippen LogP contribution is -2.20. The van der Waals surface area contributed by atoms with Gasteiger partial charge in [-0.1, -0.05) is 41.4 Å². The van der Waals surface area contributed by atoms with E-state index in [4.69, 9.17) is 23.2 Å². The number of carboxylic acids is 1. The number of alkyl halides is 2. The molecular weight excluding hydrogens is 395 g/mol. The number of fused-ring (bicyclic) bond motifs is 1. The van der Waals surface area contributed by atoms with Crippen LogP contribution in [0.1, 0.15) is 34.1 Å². The van der Waals surface area contributed by atoms with Crippen LogP contribution in [0.2, 0.25) is 10.0 Å². The van der Waals surface area contributed by atoms with E-state index in [9.17, 15) is 18.7 Å². The summed E-state index contributed by atoms with van der Waals surface area (Å²) in [4.78, 5) is 16.2. The van der Waals surface area contributed by atoms with Gasteiger partial charge in [-0.15, -0.1) is 0 Å². The van der Waals surface area contributed by atoms with Crippen molar-refractivity contribution in [2.45, 2.75) is 25.7 Å². The molecule has 2 aromatic carbocycles. The highest BCUT2D eigenvalue weighted by Crippen LogP contribution is 2.32. The lowest BCUT2D eigenvalue weighted by Gasteiger charge is -2.17. The van der Waals surface area contributed by atoms with E-state index in [1.165, 1.54) is 0 Å². The molecule has 3 nitrogen and oxygen atoms in total. The Balaban J connectivity index is 2.32. The Labute approximate surface area is 164 Å². The largest absolute Gasteiger partial charge is 0.478 e. The number of rotatable bonds is 5. The van der Waals surface area contributed by atoms with Crippen LogP contribution in [0.25, 0.3) is 10.9 Å². The zero-order valence-corrected chi connectivity index (χ0v) is 15.8. The first-order chi connectivity index (χ1) is 12.7. The van der Waals surface area contributed by atoms with Gasteiger partial charge in [-0.2, -0.15) is 0 Å². The van der Waals surface area contributed by atoms with Crippen LogP contribution in [-0.2, 0) is 12.8 Å². The van der Waals surface area contributed by atoms with Gasteiger partial charge in [0.15, 0.2) is 0 Å². The summed E-state index contributed by atoms with van der Waals surface area (Å²) >= 11 is 12.3. The van der Waals surface area contributed by atoms with Gasteiger partial charge in [0.1, 0.15) is 0 Å². The Hall–Kier alpha value is -2.24. The van der Waals surface area contributed by atoms with Crippen molar-refractivity contribution in [3.63, 3.8) is 0 Å². The van der Waals surface area contributed by atoms with Crippen LogP contribution in [-0.4, -0.2) is 22.0 Å². The van der Waals surface area contributed by atoms with Crippen molar-refractivity contribution >= 4 is 40.1 Å². The molecule has 0 fully saturated rings. The van der Waals surface area contributed by atoms with Crippen molar-refractivity contribution in [2.75, 3.05) is 0 Å². The number of hydrogen-bond acceptors (Lipinski definition) is 2. The molecule has 27 heavy (non-hydrogen) atoms. The Morgan fingerprint density at radius 2 is 1.89 bits per heavy atom. The smallest absolute Gasteiger partial charge is 0.337 e. The quantitative estimate of drug-likeness (QED) is 0.559. The van der Waals surface area contributed by atoms with E-state index >= 15 is 0 Å². The van der Waals surface area contributed by atoms with E-state index < -0.39 is 18.3 Å². The summed E-state index contributed by atoms with van der Waals surface area (Å²) in [6.45, 7) is 0.736. The van der Waals surface area contributed by atoms with Crippen molar-refractivity contribution in [3.8, 4) is 0 Å². The predicted octanol–water partition coefficient (Wildman–Crippen LogP) is 6.03. The van der Waals surface area contributed by atoms with Crippen LogP contribution in [0.4, 0.5) is 8.78 Å². The second kappa shape index (κ2) is 7.41. The number of nitrogens with zero attached hydrogens (tertiary/aromatic N) is 1. The molecule has 0 aliphatic rings. The van der Waals surface area contributed by atoms with E-state index in [-0.39, 0.29) is 17.7 Å². The van der Waals surface area contributed by atoms with Crippen LogP contribution in [0.15, 0.2) is 42.5 Å². The van der Waals surface area contributed by atoms with Crippen molar-refractivity contribution in [3.05, 3.63) is 74.9 Å². The van der Waals surface area contributed by atoms with Crippen LogP contribution in [0, 0.1) is 0 Å². The molecule has 0 amide bonds. The molecule has 1 N–H and O–H groups in total. The number of hydrogen-bond donors (Lipinski definition) is 1. The summed E-state index contributed by atoms with van der Waals surface area (Å²) in [5, 5.41) is 11.1. The molecule has 0 radical (unpaired) electrons. The number of benzene rings is 2. The van der Waals surface area contributed by atoms with Crippen molar-refractivity contribution in [1.82, 2.24) is 4.98 Å². The number of halogens is 4. The number of carboxylic acid groups (broad SMARTS) is 1. The van der Waals surface area contributed by atoms with Gasteiger partial charge in [0.05, 0.1) is 23.2 Å². The minimum atomic E-state index is -3.10. The first kappa shape index (κ1) is 19.5. The molecule has 140 valence electrons. The van der Waals surface area contributed by atoms with Gasteiger partial charge in [-0.05, 0) is 42.3 Å². The molecule has 0 unspecified atom stereocenters. The highest BCUT2D eigenvalue weighted by Gasteiger charge is 2.29. The number of aromatic carboxylic acids is 1. The maximum Gasteiger partial charge on any atom is 0.337 e. The average molecular weight is 410 g/mol. The van der Waals surface area contributed by atoms with Crippen molar-refractivity contribution < 1.29 is 18.7 Å². The third-order valence-electron chi connectivity index (χ3n) is 4.15. The summed E-state index contributed by atoms with van der Waals surface area (Å²) in [7, 11) is 0. The lowest BCUT2D eigenvalue weighted by atomic mass is 9.93. The summed E-state index contributed by atoms with van der Waals surface area (Å²) in [5.41, 5.74) is 1.06. The summed E-state index contributed by atoms with van der Waals surface area (Å²) in [5.74, 6) is -4.41. The SMILES string of the molecule is CC(F)(F)Cc1nc2ccc(Cl)cc2c(Cc2ccccc2Cl)c1C(=O)O. The van der Waals surface area contributed by atoms with E-state index in [1.807, 2.05) is 0 Å². The van der Waals surface area contributed by atoms with Crippen LogP contribution in [0.3, 0.4) is 0 Å². The number of carbonyl (C=O) groups is 1. The maximum absolute atomic E-state index is 13.7. The minimum Gasteiger partial charge on any atom is -0.478 e.